The number of pyridine rings is 3. The number of rotatable bonds is 6. The average molecular weight is 1110 g/mol. The molecule has 0 N–H and O–H groups in total. The number of aryl methyl sites for hydroxylation is 2. The van der Waals surface area contributed by atoms with Crippen LogP contribution in [-0.2, 0) is 20.1 Å². The van der Waals surface area contributed by atoms with Crippen LogP contribution in [0.1, 0.15) is 80.0 Å². The minimum Gasteiger partial charge on any atom is -0.486 e. The van der Waals surface area contributed by atoms with Gasteiger partial charge in [0.1, 0.15) is 0 Å². The predicted octanol–water partition coefficient (Wildman–Crippen LogP) is 15.8. The third-order valence-electron chi connectivity index (χ3n) is 13.4. The fourth-order valence-corrected chi connectivity index (χ4v) is 10.8. The van der Waals surface area contributed by atoms with E-state index >= 15 is 0 Å². The van der Waals surface area contributed by atoms with E-state index in [1.54, 1.807) is 18.3 Å². The van der Waals surface area contributed by atoms with E-state index in [1.807, 2.05) is 6.07 Å². The molecule has 1 unspecified atom stereocenters. The van der Waals surface area contributed by atoms with Gasteiger partial charge in [-0.1, -0.05) is 144 Å². The molecule has 11 rings (SSSR count). The van der Waals surface area contributed by atoms with Crippen molar-refractivity contribution in [3.8, 4) is 28.3 Å². The quantitative estimate of drug-likeness (QED) is 0.0943. The van der Waals surface area contributed by atoms with E-state index in [2.05, 4.69) is 181 Å². The molecule has 0 aliphatic heterocycles. The summed E-state index contributed by atoms with van der Waals surface area (Å²) >= 11 is 0. The topological polar surface area (TPSA) is 69.6 Å². The third-order valence-corrected chi connectivity index (χ3v) is 15.4. The van der Waals surface area contributed by atoms with Crippen LogP contribution in [0.4, 0.5) is 4.39 Å². The van der Waals surface area contributed by atoms with E-state index in [0.29, 0.717) is 22.5 Å². The van der Waals surface area contributed by atoms with Gasteiger partial charge >= 0.3 is 0 Å². The molecule has 349 valence electrons. The summed E-state index contributed by atoms with van der Waals surface area (Å²) in [5, 5.41) is 8.75. The smallest absolute Gasteiger partial charge is 0.216 e. The van der Waals surface area contributed by atoms with E-state index in [4.69, 9.17) is 23.5 Å². The van der Waals surface area contributed by atoms with Gasteiger partial charge in [0.25, 0.3) is 0 Å². The number of fused-ring (bicyclic) bond motifs is 9. The van der Waals surface area contributed by atoms with Gasteiger partial charge in [0.15, 0.2) is 0 Å². The Kier molecular flexibility index (Phi) is 11.6. The zero-order valence-corrected chi connectivity index (χ0v) is 44.0. The second-order valence-electron chi connectivity index (χ2n) is 20.4. The minimum atomic E-state index is -2.19. The van der Waals surface area contributed by atoms with E-state index in [-0.39, 0.29) is 43.2 Å². The van der Waals surface area contributed by atoms with Crippen LogP contribution in [0, 0.1) is 37.1 Å². The maximum absolute atomic E-state index is 13.0. The number of halogens is 1. The van der Waals surface area contributed by atoms with Crippen molar-refractivity contribution in [1.82, 2.24) is 24.5 Å². The van der Waals surface area contributed by atoms with E-state index in [1.165, 1.54) is 39.2 Å². The van der Waals surface area contributed by atoms with Crippen LogP contribution in [0.25, 0.3) is 93.9 Å². The number of benzene rings is 6. The summed E-state index contributed by atoms with van der Waals surface area (Å²) in [5.41, 5.74) is 10.8. The number of hydrogen-bond donors (Lipinski definition) is 0. The SMILES string of the molecule is Cc1ccc2ccc3nc(-c4[c-]ccc5c4oc4nc(C(C)C(C)(C)C)ccc45)n(-c4c(C(C)C)c5ccccc5c5ccccc45)c3c2n1.[2H]C([2H])([2H])c1cc(-c2[c-]cc(F)cc2)ncc1[Si](C)(C)C.[Ir]. The standard InChI is InChI=1S/C45H39N4O.C15H17FNSi.Ir/c1-25(2)38-31-15-10-8-13-29(31)30-14-9-11-16-32(30)40(38)49-41-37(23-21-28-20-19-26(3)46-39(28)41)47-43(49)35-18-12-17-33-34-22-24-36(27(4)45(5,6)7)48-44(34)50-42(33)35;1-11-9-14(12-5-7-13(16)8-6-12)17-10-15(11)18(2,3)4;/h8-17,19-25,27H,1-7H3;5,7-10H,1-4H3;/q2*-1;/i;1D3;. The first kappa shape index (κ1) is 43.9. The van der Waals surface area contributed by atoms with Crippen molar-refractivity contribution in [3.05, 3.63) is 168 Å². The third kappa shape index (κ3) is 8.60. The average Bonchev–Trinajstić information content (AvgIpc) is 3.91. The van der Waals surface area contributed by atoms with Crippen molar-refractivity contribution in [2.75, 3.05) is 0 Å². The Bertz CT molecular complexity index is 3870. The van der Waals surface area contributed by atoms with Crippen molar-refractivity contribution >= 4 is 78.8 Å². The maximum Gasteiger partial charge on any atom is 0.216 e. The maximum atomic E-state index is 13.0. The summed E-state index contributed by atoms with van der Waals surface area (Å²) in [6.07, 6.45) is 1.65. The van der Waals surface area contributed by atoms with Crippen molar-refractivity contribution in [1.29, 1.82) is 0 Å². The predicted molar refractivity (Wildman–Crippen MR) is 284 cm³/mol. The summed E-state index contributed by atoms with van der Waals surface area (Å²) in [7, 11) is -1.81. The Morgan fingerprint density at radius 2 is 1.48 bits per heavy atom. The van der Waals surface area contributed by atoms with Gasteiger partial charge in [0.05, 0.1) is 41.7 Å². The number of nitrogens with zero attached hydrogens (tertiary/aromatic N) is 5. The molecular formula is C60H56FIrN5OSi-2. The van der Waals surface area contributed by atoms with Crippen LogP contribution in [0.2, 0.25) is 19.6 Å². The van der Waals surface area contributed by atoms with Crippen molar-refractivity contribution in [2.24, 2.45) is 5.41 Å². The zero-order chi connectivity index (χ0) is 50.3. The molecule has 9 heteroatoms. The Hall–Kier alpha value is -6.38. The number of aromatic nitrogens is 5. The van der Waals surface area contributed by atoms with Crippen molar-refractivity contribution in [2.45, 2.75) is 86.8 Å². The van der Waals surface area contributed by atoms with Crippen LogP contribution in [-0.4, -0.2) is 32.6 Å². The van der Waals surface area contributed by atoms with Gasteiger partial charge in [-0.25, -0.2) is 4.98 Å². The first-order valence-electron chi connectivity index (χ1n) is 24.8. The molecule has 0 bridgehead atoms. The summed E-state index contributed by atoms with van der Waals surface area (Å²) in [5.74, 6) is 0.864. The Labute approximate surface area is 422 Å². The molecule has 0 saturated carbocycles. The first-order valence-corrected chi connectivity index (χ1v) is 26.8. The Morgan fingerprint density at radius 3 is 2.16 bits per heavy atom. The summed E-state index contributed by atoms with van der Waals surface area (Å²) in [6.45, 7) is 19.7. The molecule has 6 aromatic carbocycles. The molecule has 11 aromatic rings. The summed E-state index contributed by atoms with van der Waals surface area (Å²) in [4.78, 5) is 20.0. The van der Waals surface area contributed by atoms with Crippen LogP contribution in [0.3, 0.4) is 0 Å². The zero-order valence-electron chi connectivity index (χ0n) is 43.6. The Morgan fingerprint density at radius 1 is 0.768 bits per heavy atom. The first-order chi connectivity index (χ1) is 33.7. The van der Waals surface area contributed by atoms with Gasteiger partial charge in [0, 0.05) is 69.7 Å². The molecule has 0 aliphatic carbocycles. The number of imidazole rings is 1. The van der Waals surface area contributed by atoms with Gasteiger partial charge < -0.3 is 14.0 Å². The van der Waals surface area contributed by atoms with E-state index in [0.717, 1.165) is 71.9 Å². The van der Waals surface area contributed by atoms with Gasteiger partial charge in [-0.15, -0.1) is 48.0 Å². The van der Waals surface area contributed by atoms with Crippen LogP contribution < -0.4 is 5.19 Å². The van der Waals surface area contributed by atoms with Crippen LogP contribution in [0.5, 0.6) is 0 Å². The molecule has 6 nitrogen and oxygen atoms in total. The summed E-state index contributed by atoms with van der Waals surface area (Å²) < 4.78 is 45.3. The number of hydrogen-bond acceptors (Lipinski definition) is 5. The molecule has 0 saturated heterocycles. The number of furan rings is 1. The molecule has 0 spiro atoms. The molecule has 1 atom stereocenters. The molecular weight excluding hydrogens is 1050 g/mol. The second-order valence-corrected chi connectivity index (χ2v) is 25.4. The molecule has 0 aliphatic rings. The largest absolute Gasteiger partial charge is 0.486 e. The second kappa shape index (κ2) is 18.2. The molecule has 5 heterocycles. The van der Waals surface area contributed by atoms with Crippen molar-refractivity contribution < 1.29 is 33.0 Å². The molecule has 0 amide bonds. The fraction of sp³-hybridized carbons (Fsp3) is 0.233. The minimum absolute atomic E-state index is 0. The van der Waals surface area contributed by atoms with Crippen LogP contribution in [0.15, 0.2) is 132 Å². The monoisotopic (exact) mass is 1110 g/mol. The Balaban J connectivity index is 0.000000245. The van der Waals surface area contributed by atoms with Gasteiger partial charge in [-0.05, 0) is 82.0 Å². The van der Waals surface area contributed by atoms with Gasteiger partial charge in [0.2, 0.25) is 5.71 Å². The fourth-order valence-electron chi connectivity index (χ4n) is 9.45. The normalized spacial score (nSPS) is 13.4. The molecule has 0 fully saturated rings. The van der Waals surface area contributed by atoms with Crippen molar-refractivity contribution in [3.63, 3.8) is 0 Å². The van der Waals surface area contributed by atoms with E-state index < -0.39 is 14.9 Å². The molecule has 69 heavy (non-hydrogen) atoms. The van der Waals surface area contributed by atoms with Gasteiger partial charge in [-0.3, -0.25) is 14.4 Å². The van der Waals surface area contributed by atoms with Crippen LogP contribution >= 0.6 is 0 Å². The molecule has 1 radical (unpaired) electrons. The van der Waals surface area contributed by atoms with Gasteiger partial charge in [-0.2, -0.15) is 0 Å². The molecule has 5 aromatic heterocycles. The van der Waals surface area contributed by atoms with E-state index in [9.17, 15) is 4.39 Å². The summed E-state index contributed by atoms with van der Waals surface area (Å²) in [6, 6.07) is 46.4.